The highest BCUT2D eigenvalue weighted by atomic mass is 35.5. The largest absolute Gasteiger partial charge is 0.381 e. The second kappa shape index (κ2) is 5.92. The third-order valence-corrected chi connectivity index (χ3v) is 3.24. The number of primary amides is 1. The van der Waals surface area contributed by atoms with Gasteiger partial charge < -0.3 is 11.1 Å². The van der Waals surface area contributed by atoms with Gasteiger partial charge in [-0.2, -0.15) is 0 Å². The lowest BCUT2D eigenvalue weighted by Gasteiger charge is -2.11. The second-order valence-electron chi connectivity index (χ2n) is 4.48. The quantitative estimate of drug-likeness (QED) is 0.906. The van der Waals surface area contributed by atoms with Crippen LogP contribution in [0.2, 0.25) is 5.02 Å². The summed E-state index contributed by atoms with van der Waals surface area (Å²) in [6.45, 7) is 2.23. The first-order valence-electron chi connectivity index (χ1n) is 6.05. The molecule has 104 valence electrons. The standard InChI is InChI=1S/C15H14ClFN2O/c1-9-2-5-12(16)7-14(9)19-8-11-4-3-10(15(18)20)6-13(11)17/h2-7,19H,8H2,1H3,(H2,18,20). The molecule has 5 heteroatoms. The Balaban J connectivity index is 2.15. The molecule has 2 rings (SSSR count). The van der Waals surface area contributed by atoms with E-state index in [-0.39, 0.29) is 5.56 Å². The Morgan fingerprint density at radius 1 is 1.30 bits per heavy atom. The third-order valence-electron chi connectivity index (χ3n) is 3.01. The van der Waals surface area contributed by atoms with Crippen LogP contribution < -0.4 is 11.1 Å². The van der Waals surface area contributed by atoms with E-state index in [0.717, 1.165) is 17.3 Å². The van der Waals surface area contributed by atoms with Gasteiger partial charge in [-0.05, 0) is 36.8 Å². The van der Waals surface area contributed by atoms with Crippen molar-refractivity contribution >= 4 is 23.2 Å². The number of benzene rings is 2. The van der Waals surface area contributed by atoms with Crippen molar-refractivity contribution < 1.29 is 9.18 Å². The molecule has 0 heterocycles. The van der Waals surface area contributed by atoms with Gasteiger partial charge in [0.25, 0.3) is 0 Å². The number of nitrogens with two attached hydrogens (primary N) is 1. The fourth-order valence-corrected chi connectivity index (χ4v) is 1.99. The summed E-state index contributed by atoms with van der Waals surface area (Å²) in [6, 6.07) is 9.66. The number of carbonyl (C=O) groups is 1. The molecule has 3 N–H and O–H groups in total. The van der Waals surface area contributed by atoms with Gasteiger partial charge >= 0.3 is 0 Å². The number of rotatable bonds is 4. The predicted molar refractivity (Wildman–Crippen MR) is 78.4 cm³/mol. The van der Waals surface area contributed by atoms with Crippen LogP contribution in [-0.2, 0) is 6.54 Å². The Morgan fingerprint density at radius 3 is 2.70 bits per heavy atom. The Labute approximate surface area is 121 Å². The van der Waals surface area contributed by atoms with E-state index in [1.54, 1.807) is 18.2 Å². The van der Waals surface area contributed by atoms with Crippen molar-refractivity contribution in [3.8, 4) is 0 Å². The maximum Gasteiger partial charge on any atom is 0.248 e. The van der Waals surface area contributed by atoms with Crippen LogP contribution in [0, 0.1) is 12.7 Å². The molecule has 0 unspecified atom stereocenters. The highest BCUT2D eigenvalue weighted by Crippen LogP contribution is 2.21. The second-order valence-corrected chi connectivity index (χ2v) is 4.92. The van der Waals surface area contributed by atoms with Gasteiger partial charge in [0.2, 0.25) is 5.91 Å². The molecule has 0 fully saturated rings. The molecule has 0 bridgehead atoms. The van der Waals surface area contributed by atoms with E-state index in [0.29, 0.717) is 17.1 Å². The highest BCUT2D eigenvalue weighted by molar-refractivity contribution is 6.30. The number of anilines is 1. The molecular weight excluding hydrogens is 279 g/mol. The lowest BCUT2D eigenvalue weighted by atomic mass is 10.1. The zero-order valence-corrected chi connectivity index (χ0v) is 11.7. The zero-order chi connectivity index (χ0) is 14.7. The Morgan fingerprint density at radius 2 is 2.05 bits per heavy atom. The van der Waals surface area contributed by atoms with Crippen LogP contribution in [0.1, 0.15) is 21.5 Å². The summed E-state index contributed by atoms with van der Waals surface area (Å²) in [5, 5.41) is 3.73. The van der Waals surface area contributed by atoms with Crippen LogP contribution in [0.4, 0.5) is 10.1 Å². The summed E-state index contributed by atoms with van der Waals surface area (Å²) < 4.78 is 13.8. The van der Waals surface area contributed by atoms with Gasteiger partial charge in [-0.3, -0.25) is 4.79 Å². The maximum atomic E-state index is 13.8. The van der Waals surface area contributed by atoms with E-state index in [1.165, 1.54) is 6.07 Å². The molecule has 0 aliphatic heterocycles. The minimum Gasteiger partial charge on any atom is -0.381 e. The van der Waals surface area contributed by atoms with E-state index in [9.17, 15) is 9.18 Å². The summed E-state index contributed by atoms with van der Waals surface area (Å²) in [6.07, 6.45) is 0. The van der Waals surface area contributed by atoms with Crippen LogP contribution in [0.5, 0.6) is 0 Å². The van der Waals surface area contributed by atoms with E-state index in [1.807, 2.05) is 13.0 Å². The van der Waals surface area contributed by atoms with Gasteiger partial charge in [-0.25, -0.2) is 4.39 Å². The van der Waals surface area contributed by atoms with Gasteiger partial charge in [-0.15, -0.1) is 0 Å². The molecule has 0 saturated heterocycles. The van der Waals surface area contributed by atoms with E-state index >= 15 is 0 Å². The molecule has 3 nitrogen and oxygen atoms in total. The number of aryl methyl sites for hydroxylation is 1. The monoisotopic (exact) mass is 292 g/mol. The number of carbonyl (C=O) groups excluding carboxylic acids is 1. The van der Waals surface area contributed by atoms with E-state index in [2.05, 4.69) is 5.32 Å². The van der Waals surface area contributed by atoms with Crippen LogP contribution in [0.3, 0.4) is 0 Å². The lowest BCUT2D eigenvalue weighted by Crippen LogP contribution is -2.12. The molecule has 20 heavy (non-hydrogen) atoms. The minimum atomic E-state index is -0.644. The Bertz CT molecular complexity index is 658. The van der Waals surface area contributed by atoms with Crippen LogP contribution in [-0.4, -0.2) is 5.91 Å². The molecule has 0 saturated carbocycles. The molecule has 2 aromatic carbocycles. The fraction of sp³-hybridized carbons (Fsp3) is 0.133. The van der Waals surface area contributed by atoms with Crippen molar-refractivity contribution in [2.45, 2.75) is 13.5 Å². The smallest absolute Gasteiger partial charge is 0.248 e. The van der Waals surface area contributed by atoms with E-state index in [4.69, 9.17) is 17.3 Å². The number of hydrogen-bond donors (Lipinski definition) is 2. The van der Waals surface area contributed by atoms with Gasteiger partial charge in [0.05, 0.1) is 0 Å². The van der Waals surface area contributed by atoms with Crippen molar-refractivity contribution in [2.75, 3.05) is 5.32 Å². The molecule has 2 aromatic rings. The Kier molecular flexibility index (Phi) is 4.25. The average Bonchev–Trinajstić information content (AvgIpc) is 2.40. The van der Waals surface area contributed by atoms with E-state index < -0.39 is 11.7 Å². The maximum absolute atomic E-state index is 13.8. The molecule has 0 radical (unpaired) electrons. The number of halogens is 2. The van der Waals surface area contributed by atoms with Crippen molar-refractivity contribution in [3.05, 3.63) is 63.9 Å². The van der Waals surface area contributed by atoms with Gasteiger partial charge in [0.1, 0.15) is 5.82 Å². The molecular formula is C15H14ClFN2O. The molecule has 0 aromatic heterocycles. The first-order chi connectivity index (χ1) is 9.47. The van der Waals surface area contributed by atoms with Crippen LogP contribution in [0.15, 0.2) is 36.4 Å². The van der Waals surface area contributed by atoms with Gasteiger partial charge in [0.15, 0.2) is 0 Å². The fourth-order valence-electron chi connectivity index (χ4n) is 1.82. The van der Waals surface area contributed by atoms with Crippen LogP contribution in [0.25, 0.3) is 0 Å². The first kappa shape index (κ1) is 14.3. The Hall–Kier alpha value is -2.07. The van der Waals surface area contributed by atoms with Crippen molar-refractivity contribution in [1.29, 1.82) is 0 Å². The summed E-state index contributed by atoms with van der Waals surface area (Å²) in [4.78, 5) is 11.0. The number of hydrogen-bond acceptors (Lipinski definition) is 2. The van der Waals surface area contributed by atoms with Crippen LogP contribution >= 0.6 is 11.6 Å². The average molecular weight is 293 g/mol. The SMILES string of the molecule is Cc1ccc(Cl)cc1NCc1ccc(C(N)=O)cc1F. The van der Waals surface area contributed by atoms with Crippen molar-refractivity contribution in [3.63, 3.8) is 0 Å². The van der Waals surface area contributed by atoms with Gasteiger partial charge in [0, 0.05) is 28.4 Å². The summed E-state index contributed by atoms with van der Waals surface area (Å²) in [5.74, 6) is -1.11. The van der Waals surface area contributed by atoms with Gasteiger partial charge in [-0.1, -0.05) is 23.7 Å². The predicted octanol–water partition coefficient (Wildman–Crippen LogP) is 3.50. The number of nitrogens with one attached hydrogen (secondary N) is 1. The zero-order valence-electron chi connectivity index (χ0n) is 10.9. The number of amides is 1. The summed E-state index contributed by atoms with van der Waals surface area (Å²) in [5.41, 5.74) is 7.57. The topological polar surface area (TPSA) is 55.1 Å². The summed E-state index contributed by atoms with van der Waals surface area (Å²) >= 11 is 5.92. The summed E-state index contributed by atoms with van der Waals surface area (Å²) in [7, 11) is 0. The first-order valence-corrected chi connectivity index (χ1v) is 6.43. The normalized spacial score (nSPS) is 10.3. The molecule has 0 aliphatic carbocycles. The van der Waals surface area contributed by atoms with Crippen molar-refractivity contribution in [1.82, 2.24) is 0 Å². The minimum absolute atomic E-state index is 0.158. The van der Waals surface area contributed by atoms with Crippen molar-refractivity contribution in [2.24, 2.45) is 5.73 Å². The molecule has 0 spiro atoms. The lowest BCUT2D eigenvalue weighted by molar-refractivity contribution is 0.1000. The third kappa shape index (κ3) is 3.27. The highest BCUT2D eigenvalue weighted by Gasteiger charge is 2.07. The molecule has 0 aliphatic rings. The molecule has 1 amide bonds. The molecule has 0 atom stereocenters.